The van der Waals surface area contributed by atoms with Crippen molar-refractivity contribution in [2.45, 2.75) is 63.1 Å². The zero-order valence-electron chi connectivity index (χ0n) is 11.9. The number of carbonyl (C=O) groups is 1. The van der Waals surface area contributed by atoms with E-state index in [4.69, 9.17) is 4.74 Å². The molecular weight excluding hydrogens is 240 g/mol. The third kappa shape index (κ3) is 3.11. The van der Waals surface area contributed by atoms with E-state index in [9.17, 15) is 4.79 Å². The Hall–Kier alpha value is -0.610. The zero-order valence-corrected chi connectivity index (χ0v) is 11.9. The molecule has 2 unspecified atom stereocenters. The van der Waals surface area contributed by atoms with Crippen molar-refractivity contribution in [3.05, 3.63) is 0 Å². The van der Waals surface area contributed by atoms with Gasteiger partial charge in [-0.2, -0.15) is 0 Å². The summed E-state index contributed by atoms with van der Waals surface area (Å²) in [7, 11) is 1.98. The van der Waals surface area contributed by atoms with Crippen molar-refractivity contribution in [1.29, 1.82) is 0 Å². The molecule has 1 amide bonds. The van der Waals surface area contributed by atoms with Crippen LogP contribution in [0.2, 0.25) is 0 Å². The highest BCUT2D eigenvalue weighted by molar-refractivity contribution is 5.76. The summed E-state index contributed by atoms with van der Waals surface area (Å²) in [6.45, 7) is 1.61. The van der Waals surface area contributed by atoms with Crippen molar-refractivity contribution in [1.82, 2.24) is 10.2 Å². The van der Waals surface area contributed by atoms with E-state index < -0.39 is 0 Å². The molecule has 0 aromatic heterocycles. The molecule has 3 aliphatic heterocycles. The number of carbonyl (C=O) groups excluding carboxylic acids is 1. The highest BCUT2D eigenvalue weighted by Crippen LogP contribution is 2.33. The number of hydrogen-bond donors (Lipinski definition) is 1. The van der Waals surface area contributed by atoms with Gasteiger partial charge in [0.25, 0.3) is 0 Å². The Morgan fingerprint density at radius 2 is 1.79 bits per heavy atom. The fraction of sp³-hybridized carbons (Fsp3) is 0.933. The molecule has 0 spiro atoms. The molecule has 19 heavy (non-hydrogen) atoms. The molecular formula is C15H26N2O2. The highest BCUT2D eigenvalue weighted by atomic mass is 16.5. The van der Waals surface area contributed by atoms with Crippen molar-refractivity contribution in [3.8, 4) is 0 Å². The fourth-order valence-corrected chi connectivity index (χ4v) is 4.01. The topological polar surface area (TPSA) is 41.6 Å². The number of rotatable bonds is 3. The molecule has 3 fully saturated rings. The standard InChI is InChI=1S/C15H26N2O2/c1-17(14-4-6-19-7-5-14)15(18)10-11-8-12-2-3-13(9-11)16-12/h11-14,16H,2-10H2,1H3. The van der Waals surface area contributed by atoms with Gasteiger partial charge < -0.3 is 15.0 Å². The lowest BCUT2D eigenvalue weighted by atomic mass is 9.89. The van der Waals surface area contributed by atoms with E-state index in [2.05, 4.69) is 5.32 Å². The molecule has 108 valence electrons. The lowest BCUT2D eigenvalue weighted by Crippen LogP contribution is -2.43. The van der Waals surface area contributed by atoms with Crippen LogP contribution in [0.3, 0.4) is 0 Å². The van der Waals surface area contributed by atoms with Gasteiger partial charge in [-0.15, -0.1) is 0 Å². The molecule has 0 radical (unpaired) electrons. The summed E-state index contributed by atoms with van der Waals surface area (Å²) in [6, 6.07) is 1.77. The first-order chi connectivity index (χ1) is 9.22. The Labute approximate surface area is 115 Å². The van der Waals surface area contributed by atoms with E-state index in [1.54, 1.807) is 0 Å². The molecule has 2 atom stereocenters. The average Bonchev–Trinajstić information content (AvgIpc) is 2.78. The Kier molecular flexibility index (Phi) is 4.08. The van der Waals surface area contributed by atoms with Gasteiger partial charge in [0.2, 0.25) is 5.91 Å². The van der Waals surface area contributed by atoms with Crippen LogP contribution in [0.15, 0.2) is 0 Å². The molecule has 0 saturated carbocycles. The normalized spacial score (nSPS) is 35.3. The van der Waals surface area contributed by atoms with E-state index in [1.807, 2.05) is 11.9 Å². The quantitative estimate of drug-likeness (QED) is 0.842. The summed E-state index contributed by atoms with van der Waals surface area (Å²) in [4.78, 5) is 14.4. The third-order valence-corrected chi connectivity index (χ3v) is 5.17. The molecule has 1 N–H and O–H groups in total. The number of ether oxygens (including phenoxy) is 1. The van der Waals surface area contributed by atoms with Gasteiger partial charge >= 0.3 is 0 Å². The van der Waals surface area contributed by atoms with Crippen molar-refractivity contribution in [2.24, 2.45) is 5.92 Å². The van der Waals surface area contributed by atoms with Crippen LogP contribution in [-0.4, -0.2) is 49.2 Å². The van der Waals surface area contributed by atoms with Crippen LogP contribution < -0.4 is 5.32 Å². The first-order valence-electron chi connectivity index (χ1n) is 7.82. The van der Waals surface area contributed by atoms with E-state index >= 15 is 0 Å². The van der Waals surface area contributed by atoms with Crippen LogP contribution in [0, 0.1) is 5.92 Å². The number of fused-ring (bicyclic) bond motifs is 2. The lowest BCUT2D eigenvalue weighted by Gasteiger charge is -2.34. The van der Waals surface area contributed by atoms with Crippen LogP contribution in [0.4, 0.5) is 0 Å². The monoisotopic (exact) mass is 266 g/mol. The number of hydrogen-bond acceptors (Lipinski definition) is 3. The predicted molar refractivity (Wildman–Crippen MR) is 73.9 cm³/mol. The maximum absolute atomic E-state index is 12.4. The third-order valence-electron chi connectivity index (χ3n) is 5.17. The summed E-state index contributed by atoms with van der Waals surface area (Å²) in [5, 5.41) is 3.64. The molecule has 2 bridgehead atoms. The second-order valence-electron chi connectivity index (χ2n) is 6.53. The van der Waals surface area contributed by atoms with Gasteiger partial charge in [0, 0.05) is 44.8 Å². The first-order valence-corrected chi connectivity index (χ1v) is 7.82. The molecule has 3 saturated heterocycles. The molecule has 0 aromatic carbocycles. The smallest absolute Gasteiger partial charge is 0.222 e. The minimum atomic E-state index is 0.346. The lowest BCUT2D eigenvalue weighted by molar-refractivity contribution is -0.134. The van der Waals surface area contributed by atoms with E-state index in [1.165, 1.54) is 25.7 Å². The van der Waals surface area contributed by atoms with Gasteiger partial charge in [-0.05, 0) is 44.4 Å². The maximum Gasteiger partial charge on any atom is 0.222 e. The summed E-state index contributed by atoms with van der Waals surface area (Å²) in [6.07, 6.45) is 7.77. The second kappa shape index (κ2) is 5.80. The molecule has 3 aliphatic rings. The minimum Gasteiger partial charge on any atom is -0.381 e. The predicted octanol–water partition coefficient (Wildman–Crippen LogP) is 1.54. The molecule has 0 aromatic rings. The molecule has 4 heteroatoms. The summed E-state index contributed by atoms with van der Waals surface area (Å²) in [5.74, 6) is 0.951. The average molecular weight is 266 g/mol. The van der Waals surface area contributed by atoms with Crippen molar-refractivity contribution < 1.29 is 9.53 Å². The van der Waals surface area contributed by atoms with E-state index in [-0.39, 0.29) is 0 Å². The minimum absolute atomic E-state index is 0.346. The Morgan fingerprint density at radius 3 is 2.42 bits per heavy atom. The summed E-state index contributed by atoms with van der Waals surface area (Å²) >= 11 is 0. The van der Waals surface area contributed by atoms with Gasteiger partial charge in [0.1, 0.15) is 0 Å². The SMILES string of the molecule is CN(C(=O)CC1CC2CCC(C1)N2)C1CCOCC1. The van der Waals surface area contributed by atoms with Crippen molar-refractivity contribution in [2.75, 3.05) is 20.3 Å². The fourth-order valence-electron chi connectivity index (χ4n) is 4.01. The van der Waals surface area contributed by atoms with Crippen molar-refractivity contribution >= 4 is 5.91 Å². The van der Waals surface area contributed by atoms with Crippen LogP contribution in [0.25, 0.3) is 0 Å². The number of piperidine rings is 1. The van der Waals surface area contributed by atoms with Crippen LogP contribution in [0.1, 0.15) is 44.9 Å². The Bertz CT molecular complexity index is 316. The van der Waals surface area contributed by atoms with Crippen molar-refractivity contribution in [3.63, 3.8) is 0 Å². The first kappa shape index (κ1) is 13.4. The van der Waals surface area contributed by atoms with Crippen LogP contribution in [-0.2, 0) is 9.53 Å². The van der Waals surface area contributed by atoms with E-state index in [0.717, 1.165) is 32.5 Å². The van der Waals surface area contributed by atoms with Gasteiger partial charge in [0.15, 0.2) is 0 Å². The molecule has 3 rings (SSSR count). The summed E-state index contributed by atoms with van der Waals surface area (Å²) in [5.41, 5.74) is 0. The second-order valence-corrected chi connectivity index (χ2v) is 6.53. The van der Waals surface area contributed by atoms with Gasteiger partial charge in [-0.1, -0.05) is 0 Å². The van der Waals surface area contributed by atoms with Gasteiger partial charge in [0.05, 0.1) is 0 Å². The molecule has 0 aliphatic carbocycles. The van der Waals surface area contributed by atoms with Gasteiger partial charge in [-0.25, -0.2) is 0 Å². The summed E-state index contributed by atoms with van der Waals surface area (Å²) < 4.78 is 5.37. The number of nitrogens with one attached hydrogen (secondary N) is 1. The highest BCUT2D eigenvalue weighted by Gasteiger charge is 2.35. The Balaban J connectivity index is 1.50. The van der Waals surface area contributed by atoms with Crippen LogP contribution >= 0.6 is 0 Å². The van der Waals surface area contributed by atoms with Gasteiger partial charge in [-0.3, -0.25) is 4.79 Å². The number of amides is 1. The Morgan fingerprint density at radius 1 is 1.16 bits per heavy atom. The number of nitrogens with zero attached hydrogens (tertiary/aromatic N) is 1. The zero-order chi connectivity index (χ0) is 13.2. The van der Waals surface area contributed by atoms with Crippen LogP contribution in [0.5, 0.6) is 0 Å². The largest absolute Gasteiger partial charge is 0.381 e. The van der Waals surface area contributed by atoms with E-state index in [0.29, 0.717) is 30.0 Å². The molecule has 4 nitrogen and oxygen atoms in total. The maximum atomic E-state index is 12.4. The molecule has 3 heterocycles.